The van der Waals surface area contributed by atoms with Crippen LogP contribution in [0.5, 0.6) is 0 Å². The van der Waals surface area contributed by atoms with Crippen molar-refractivity contribution in [1.29, 1.82) is 0 Å². The number of aromatic nitrogens is 1. The number of carbonyl (C=O) groups excluding carboxylic acids is 2. The van der Waals surface area contributed by atoms with E-state index in [1.165, 1.54) is 11.3 Å². The maximum absolute atomic E-state index is 12.5. The monoisotopic (exact) mass is 415 g/mol. The second kappa shape index (κ2) is 8.16. The van der Waals surface area contributed by atoms with Crippen molar-refractivity contribution in [2.24, 2.45) is 0 Å². The molecule has 1 aliphatic heterocycles. The molecule has 0 saturated carbocycles. The minimum absolute atomic E-state index is 0.0241. The van der Waals surface area contributed by atoms with Gasteiger partial charge in [-0.3, -0.25) is 9.59 Å². The molecule has 0 atom stereocenters. The number of hydrogen-bond donors (Lipinski definition) is 1. The van der Waals surface area contributed by atoms with Crippen molar-refractivity contribution in [3.8, 4) is 0 Å². The van der Waals surface area contributed by atoms with E-state index < -0.39 is 0 Å². The number of anilines is 1. The van der Waals surface area contributed by atoms with Gasteiger partial charge in [-0.05, 0) is 6.07 Å². The number of benzene rings is 1. The number of rotatable bonds is 4. The number of amides is 2. The van der Waals surface area contributed by atoms with Gasteiger partial charge in [-0.1, -0.05) is 29.8 Å². The van der Waals surface area contributed by atoms with E-state index in [-0.39, 0.29) is 18.4 Å². The Labute approximate surface area is 171 Å². The summed E-state index contributed by atoms with van der Waals surface area (Å²) in [5, 5.41) is 4.02. The summed E-state index contributed by atoms with van der Waals surface area (Å²) < 4.78 is 0.957. The normalized spacial score (nSPS) is 14.3. The number of nitrogens with one attached hydrogen (secondary N) is 2. The maximum Gasteiger partial charge on any atom is 0.263 e. The Kier molecular flexibility index (Phi) is 5.45. The average Bonchev–Trinajstić information content (AvgIpc) is 3.09. The van der Waals surface area contributed by atoms with E-state index in [1.54, 1.807) is 4.90 Å². The minimum Gasteiger partial charge on any atom is -0.368 e. The fraction of sp³-hybridized carbons (Fsp3) is 0.250. The predicted octanol–water partition coefficient (Wildman–Crippen LogP) is 2.45. The van der Waals surface area contributed by atoms with Crippen LogP contribution in [0.1, 0.15) is 9.67 Å². The van der Waals surface area contributed by atoms with Crippen molar-refractivity contribution in [2.45, 2.75) is 0 Å². The van der Waals surface area contributed by atoms with Crippen LogP contribution in [-0.2, 0) is 4.79 Å². The predicted molar refractivity (Wildman–Crippen MR) is 111 cm³/mol. The fourth-order valence-electron chi connectivity index (χ4n) is 3.31. The first-order chi connectivity index (χ1) is 13.6. The van der Waals surface area contributed by atoms with E-state index >= 15 is 0 Å². The zero-order valence-electron chi connectivity index (χ0n) is 15.2. The third-order valence-corrected chi connectivity index (χ3v) is 6.51. The van der Waals surface area contributed by atoms with Gasteiger partial charge in [0.05, 0.1) is 11.6 Å². The van der Waals surface area contributed by atoms with E-state index in [9.17, 15) is 9.59 Å². The smallest absolute Gasteiger partial charge is 0.263 e. The van der Waals surface area contributed by atoms with Crippen LogP contribution in [0.4, 0.5) is 5.69 Å². The van der Waals surface area contributed by atoms with Gasteiger partial charge >= 0.3 is 0 Å². The molecule has 3 heterocycles. The van der Waals surface area contributed by atoms with Crippen LogP contribution in [0.15, 0.2) is 48.8 Å². The quantitative estimate of drug-likeness (QED) is 0.711. The molecule has 6 nitrogen and oxygen atoms in total. The SMILES string of the molecule is O=C(NCC(=O)N1CCN(c2cc[nH+]cc2)CC1)c1sc2ccccc2c1Cl. The number of aromatic amines is 1. The molecule has 0 unspecified atom stereocenters. The van der Waals surface area contributed by atoms with Gasteiger partial charge in [0, 0.05) is 54.1 Å². The molecule has 2 amide bonds. The van der Waals surface area contributed by atoms with Gasteiger partial charge in [0.25, 0.3) is 5.91 Å². The molecule has 1 fully saturated rings. The number of carbonyl (C=O) groups is 2. The summed E-state index contributed by atoms with van der Waals surface area (Å²) in [5.41, 5.74) is 1.14. The van der Waals surface area contributed by atoms with E-state index in [0.29, 0.717) is 23.0 Å². The molecule has 0 radical (unpaired) electrons. The van der Waals surface area contributed by atoms with Gasteiger partial charge in [0.15, 0.2) is 12.4 Å². The van der Waals surface area contributed by atoms with Crippen LogP contribution in [0.2, 0.25) is 5.02 Å². The number of halogens is 1. The lowest BCUT2D eigenvalue weighted by Crippen LogP contribution is -2.51. The fourth-order valence-corrected chi connectivity index (χ4v) is 4.74. The lowest BCUT2D eigenvalue weighted by molar-refractivity contribution is -0.377. The first kappa shape index (κ1) is 18.7. The largest absolute Gasteiger partial charge is 0.368 e. The molecule has 8 heteroatoms. The first-order valence-corrected chi connectivity index (χ1v) is 10.3. The number of fused-ring (bicyclic) bond motifs is 1. The van der Waals surface area contributed by atoms with E-state index in [1.807, 2.05) is 48.8 Å². The Morgan fingerprint density at radius 2 is 1.79 bits per heavy atom. The zero-order chi connectivity index (χ0) is 19.5. The molecular weight excluding hydrogens is 396 g/mol. The third-order valence-electron chi connectivity index (χ3n) is 4.84. The van der Waals surface area contributed by atoms with Gasteiger partial charge in [-0.15, -0.1) is 11.3 Å². The second-order valence-corrected chi connectivity index (χ2v) is 7.98. The molecule has 3 aromatic rings. The molecule has 144 valence electrons. The number of nitrogens with zero attached hydrogens (tertiary/aromatic N) is 2. The molecule has 2 N–H and O–H groups in total. The van der Waals surface area contributed by atoms with E-state index in [0.717, 1.165) is 28.9 Å². The summed E-state index contributed by atoms with van der Waals surface area (Å²) in [6.45, 7) is 2.79. The molecule has 0 bridgehead atoms. The Bertz CT molecular complexity index is 1000. The second-order valence-electron chi connectivity index (χ2n) is 6.55. The van der Waals surface area contributed by atoms with Gasteiger partial charge in [0.2, 0.25) is 5.91 Å². The Morgan fingerprint density at radius 1 is 1.07 bits per heavy atom. The number of piperazine rings is 1. The van der Waals surface area contributed by atoms with Crippen LogP contribution in [0.3, 0.4) is 0 Å². The van der Waals surface area contributed by atoms with Crippen LogP contribution in [-0.4, -0.2) is 49.4 Å². The van der Waals surface area contributed by atoms with Gasteiger partial charge < -0.3 is 15.1 Å². The lowest BCUT2D eigenvalue weighted by atomic mass is 10.2. The summed E-state index contributed by atoms with van der Waals surface area (Å²) in [6, 6.07) is 11.7. The number of hydrogen-bond acceptors (Lipinski definition) is 4. The minimum atomic E-state index is -0.307. The molecule has 2 aromatic heterocycles. The number of thiophene rings is 1. The highest BCUT2D eigenvalue weighted by Gasteiger charge is 2.23. The highest BCUT2D eigenvalue weighted by atomic mass is 35.5. The van der Waals surface area contributed by atoms with Crippen molar-refractivity contribution < 1.29 is 14.6 Å². The molecule has 0 spiro atoms. The molecule has 0 aliphatic carbocycles. The van der Waals surface area contributed by atoms with Crippen molar-refractivity contribution in [3.63, 3.8) is 0 Å². The number of pyridine rings is 1. The van der Waals surface area contributed by atoms with Crippen molar-refractivity contribution in [2.75, 3.05) is 37.6 Å². The molecule has 1 aliphatic rings. The summed E-state index contributed by atoms with van der Waals surface area (Å²) in [4.78, 5) is 32.5. The highest BCUT2D eigenvalue weighted by molar-refractivity contribution is 7.21. The first-order valence-electron chi connectivity index (χ1n) is 9.07. The maximum atomic E-state index is 12.5. The van der Waals surface area contributed by atoms with E-state index in [4.69, 9.17) is 11.6 Å². The highest BCUT2D eigenvalue weighted by Crippen LogP contribution is 2.34. The van der Waals surface area contributed by atoms with Gasteiger partial charge in [-0.25, -0.2) is 4.98 Å². The van der Waals surface area contributed by atoms with Crippen LogP contribution >= 0.6 is 22.9 Å². The number of H-pyrrole nitrogens is 1. The lowest BCUT2D eigenvalue weighted by Gasteiger charge is -2.35. The van der Waals surface area contributed by atoms with Crippen molar-refractivity contribution in [3.05, 3.63) is 58.7 Å². The van der Waals surface area contributed by atoms with Crippen LogP contribution < -0.4 is 15.2 Å². The molecule has 4 rings (SSSR count). The standard InChI is InChI=1S/C20H19ClN4O2S/c21-18-15-3-1-2-4-16(15)28-19(18)20(27)23-13-17(26)25-11-9-24(10-12-25)14-5-7-22-8-6-14/h1-8H,9-13H2,(H,23,27)/p+1. The van der Waals surface area contributed by atoms with Crippen LogP contribution in [0.25, 0.3) is 10.1 Å². The summed E-state index contributed by atoms with van der Waals surface area (Å²) >= 11 is 7.68. The molecule has 1 aromatic carbocycles. The van der Waals surface area contributed by atoms with Gasteiger partial charge in [-0.2, -0.15) is 0 Å². The van der Waals surface area contributed by atoms with E-state index in [2.05, 4.69) is 15.2 Å². The topological polar surface area (TPSA) is 66.8 Å². The van der Waals surface area contributed by atoms with Crippen molar-refractivity contribution >= 4 is 50.5 Å². The Balaban J connectivity index is 1.32. The molecule has 28 heavy (non-hydrogen) atoms. The Morgan fingerprint density at radius 3 is 2.50 bits per heavy atom. The van der Waals surface area contributed by atoms with Crippen LogP contribution in [0, 0.1) is 0 Å². The molecular formula is C20H20ClN4O2S+. The summed E-state index contributed by atoms with van der Waals surface area (Å²) in [5.74, 6) is -0.384. The Hall–Kier alpha value is -2.64. The van der Waals surface area contributed by atoms with Gasteiger partial charge in [0.1, 0.15) is 4.88 Å². The molecule has 1 saturated heterocycles. The third kappa shape index (κ3) is 3.81. The zero-order valence-corrected chi connectivity index (χ0v) is 16.7. The summed E-state index contributed by atoms with van der Waals surface area (Å²) in [7, 11) is 0. The summed E-state index contributed by atoms with van der Waals surface area (Å²) in [6.07, 6.45) is 3.78. The van der Waals surface area contributed by atoms with Crippen molar-refractivity contribution in [1.82, 2.24) is 10.2 Å². The average molecular weight is 416 g/mol.